The average Bonchev–Trinajstić information content (AvgIpc) is 3.59. The first-order valence-corrected chi connectivity index (χ1v) is 13.9. The molecule has 3 aromatic heterocycles. The molecule has 0 bridgehead atoms. The largest absolute Gasteiger partial charge is 0.424 e. The zero-order valence-electron chi connectivity index (χ0n) is 23.3. The molecule has 210 valence electrons. The Labute approximate surface area is 246 Å². The third-order valence-electron chi connectivity index (χ3n) is 7.72. The second-order valence-corrected chi connectivity index (χ2v) is 10.3. The van der Waals surface area contributed by atoms with E-state index in [1.807, 2.05) is 97.1 Å². The molecule has 0 amide bonds. The number of halogens is 1. The minimum Gasteiger partial charge on any atom is -0.424 e. The standard InChI is InChI=1S/C35H26FN5O2/c1-24-38-39-32(43-24)23-40-31-21-26(25-17-19-30(36)20-18-25)22-37-33(31)41(34(40)42)35(27-11-5-2-6-12-27,28-13-7-3-8-14-28)29-15-9-4-10-16-29/h2-22H,23H2,1H3. The van der Waals surface area contributed by atoms with Crippen molar-refractivity contribution in [2.24, 2.45) is 0 Å². The van der Waals surface area contributed by atoms with Crippen molar-refractivity contribution in [2.45, 2.75) is 19.0 Å². The number of nitrogens with zero attached hydrogens (tertiary/aromatic N) is 5. The van der Waals surface area contributed by atoms with Crippen molar-refractivity contribution in [3.63, 3.8) is 0 Å². The van der Waals surface area contributed by atoms with Crippen LogP contribution in [0.4, 0.5) is 4.39 Å². The van der Waals surface area contributed by atoms with E-state index in [1.165, 1.54) is 12.1 Å². The molecule has 4 aromatic carbocycles. The summed E-state index contributed by atoms with van der Waals surface area (Å²) < 4.78 is 22.8. The molecule has 0 atom stereocenters. The second-order valence-electron chi connectivity index (χ2n) is 10.3. The van der Waals surface area contributed by atoms with Crippen LogP contribution in [0, 0.1) is 12.7 Å². The number of hydrogen-bond donors (Lipinski definition) is 0. The first-order valence-electron chi connectivity index (χ1n) is 13.9. The summed E-state index contributed by atoms with van der Waals surface area (Å²) in [5.74, 6) is 0.380. The Hall–Kier alpha value is -5.63. The van der Waals surface area contributed by atoms with Gasteiger partial charge in [-0.1, -0.05) is 103 Å². The Balaban J connectivity index is 1.61. The summed E-state index contributed by atoms with van der Waals surface area (Å²) in [6, 6.07) is 38.0. The van der Waals surface area contributed by atoms with Gasteiger partial charge in [0.1, 0.15) is 17.9 Å². The summed E-state index contributed by atoms with van der Waals surface area (Å²) in [4.78, 5) is 19.8. The van der Waals surface area contributed by atoms with Crippen LogP contribution in [0.15, 0.2) is 137 Å². The van der Waals surface area contributed by atoms with Gasteiger partial charge in [-0.05, 0) is 40.5 Å². The van der Waals surface area contributed by atoms with Gasteiger partial charge in [0, 0.05) is 18.7 Å². The van der Waals surface area contributed by atoms with E-state index in [2.05, 4.69) is 10.2 Å². The van der Waals surface area contributed by atoms with Crippen LogP contribution in [0.5, 0.6) is 0 Å². The molecule has 3 heterocycles. The van der Waals surface area contributed by atoms with Crippen LogP contribution >= 0.6 is 0 Å². The highest BCUT2D eigenvalue weighted by Crippen LogP contribution is 2.41. The van der Waals surface area contributed by atoms with Gasteiger partial charge in [-0.2, -0.15) is 0 Å². The predicted molar refractivity (Wildman–Crippen MR) is 162 cm³/mol. The third kappa shape index (κ3) is 4.44. The van der Waals surface area contributed by atoms with Crippen LogP contribution < -0.4 is 5.69 Å². The van der Waals surface area contributed by atoms with Crippen LogP contribution in [-0.2, 0) is 12.1 Å². The highest BCUT2D eigenvalue weighted by atomic mass is 19.1. The lowest BCUT2D eigenvalue weighted by Gasteiger charge is -2.37. The van der Waals surface area contributed by atoms with E-state index < -0.39 is 5.54 Å². The lowest BCUT2D eigenvalue weighted by Crippen LogP contribution is -2.44. The number of aryl methyl sites for hydroxylation is 1. The lowest BCUT2D eigenvalue weighted by atomic mass is 9.76. The number of pyridine rings is 1. The molecule has 0 fully saturated rings. The number of imidazole rings is 1. The van der Waals surface area contributed by atoms with Crippen molar-refractivity contribution < 1.29 is 8.81 Å². The van der Waals surface area contributed by atoms with Crippen molar-refractivity contribution in [2.75, 3.05) is 0 Å². The summed E-state index contributed by atoms with van der Waals surface area (Å²) in [6.07, 6.45) is 1.72. The molecule has 7 aromatic rings. The molecule has 0 radical (unpaired) electrons. The van der Waals surface area contributed by atoms with Gasteiger partial charge in [0.05, 0.1) is 5.52 Å². The number of benzene rings is 4. The predicted octanol–water partition coefficient (Wildman–Crippen LogP) is 6.58. The van der Waals surface area contributed by atoms with Gasteiger partial charge in [-0.15, -0.1) is 10.2 Å². The monoisotopic (exact) mass is 567 g/mol. The van der Waals surface area contributed by atoms with E-state index in [4.69, 9.17) is 9.40 Å². The molecule has 0 unspecified atom stereocenters. The fourth-order valence-corrected chi connectivity index (χ4v) is 5.85. The van der Waals surface area contributed by atoms with Gasteiger partial charge in [0.15, 0.2) is 5.65 Å². The van der Waals surface area contributed by atoms with E-state index in [0.29, 0.717) is 22.9 Å². The molecule has 0 saturated carbocycles. The molecular formula is C35H26FN5O2. The van der Waals surface area contributed by atoms with Crippen LogP contribution in [0.25, 0.3) is 22.3 Å². The average molecular weight is 568 g/mol. The fraction of sp³-hybridized carbons (Fsp3) is 0.0857. The molecule has 0 aliphatic heterocycles. The zero-order valence-corrected chi connectivity index (χ0v) is 23.3. The first kappa shape index (κ1) is 26.3. The van der Waals surface area contributed by atoms with Gasteiger partial charge >= 0.3 is 5.69 Å². The maximum Gasteiger partial charge on any atom is 0.332 e. The summed E-state index contributed by atoms with van der Waals surface area (Å²) >= 11 is 0. The molecule has 43 heavy (non-hydrogen) atoms. The highest BCUT2D eigenvalue weighted by molar-refractivity contribution is 5.80. The molecule has 0 saturated heterocycles. The van der Waals surface area contributed by atoms with Crippen molar-refractivity contribution in [3.05, 3.63) is 172 Å². The second kappa shape index (κ2) is 10.6. The molecular weight excluding hydrogens is 541 g/mol. The van der Waals surface area contributed by atoms with E-state index in [-0.39, 0.29) is 18.1 Å². The van der Waals surface area contributed by atoms with Crippen molar-refractivity contribution >= 4 is 11.2 Å². The van der Waals surface area contributed by atoms with Crippen LogP contribution in [0.3, 0.4) is 0 Å². The number of rotatable bonds is 7. The SMILES string of the molecule is Cc1nnc(Cn2c(=O)n(C(c3ccccc3)(c3ccccc3)c3ccccc3)c3ncc(-c4ccc(F)cc4)cc32)o1. The number of hydrogen-bond acceptors (Lipinski definition) is 5. The maximum absolute atomic E-state index is 14.9. The van der Waals surface area contributed by atoms with Gasteiger partial charge in [0.25, 0.3) is 0 Å². The van der Waals surface area contributed by atoms with Crippen LogP contribution in [0.2, 0.25) is 0 Å². The summed E-state index contributed by atoms with van der Waals surface area (Å²) in [7, 11) is 0. The molecule has 0 aliphatic rings. The van der Waals surface area contributed by atoms with Crippen molar-refractivity contribution in [1.29, 1.82) is 0 Å². The molecule has 8 heteroatoms. The summed E-state index contributed by atoms with van der Waals surface area (Å²) in [5.41, 5.74) is 3.87. The fourth-order valence-electron chi connectivity index (χ4n) is 5.85. The zero-order chi connectivity index (χ0) is 29.4. The van der Waals surface area contributed by atoms with E-state index >= 15 is 0 Å². The Morgan fingerprint density at radius 3 is 1.81 bits per heavy atom. The van der Waals surface area contributed by atoms with E-state index in [0.717, 1.165) is 27.8 Å². The number of fused-ring (bicyclic) bond motifs is 1. The topological polar surface area (TPSA) is 78.7 Å². The molecule has 0 spiro atoms. The van der Waals surface area contributed by atoms with Crippen LogP contribution in [-0.4, -0.2) is 24.3 Å². The maximum atomic E-state index is 14.9. The normalized spacial score (nSPS) is 11.7. The van der Waals surface area contributed by atoms with Crippen LogP contribution in [0.1, 0.15) is 28.5 Å². The Kier molecular flexibility index (Phi) is 6.51. The Bertz CT molecular complexity index is 1990. The van der Waals surface area contributed by atoms with E-state index in [9.17, 15) is 9.18 Å². The minimum absolute atomic E-state index is 0.0478. The quantitative estimate of drug-likeness (QED) is 0.203. The van der Waals surface area contributed by atoms with Gasteiger partial charge < -0.3 is 4.42 Å². The third-order valence-corrected chi connectivity index (χ3v) is 7.72. The molecule has 0 aliphatic carbocycles. The Morgan fingerprint density at radius 2 is 1.30 bits per heavy atom. The molecule has 7 nitrogen and oxygen atoms in total. The smallest absolute Gasteiger partial charge is 0.332 e. The van der Waals surface area contributed by atoms with Gasteiger partial charge in [-0.25, -0.2) is 14.2 Å². The summed E-state index contributed by atoms with van der Waals surface area (Å²) in [6.45, 7) is 1.76. The molecule has 7 rings (SSSR count). The number of aromatic nitrogens is 5. The minimum atomic E-state index is -1.08. The highest BCUT2D eigenvalue weighted by Gasteiger charge is 2.42. The van der Waals surface area contributed by atoms with Gasteiger partial charge in [-0.3, -0.25) is 9.13 Å². The Morgan fingerprint density at radius 1 is 0.744 bits per heavy atom. The van der Waals surface area contributed by atoms with Gasteiger partial charge in [0.2, 0.25) is 11.8 Å². The van der Waals surface area contributed by atoms with Crippen molar-refractivity contribution in [1.82, 2.24) is 24.3 Å². The lowest BCUT2D eigenvalue weighted by molar-refractivity contribution is 0.445. The summed E-state index contributed by atoms with van der Waals surface area (Å²) in [5, 5.41) is 8.15. The van der Waals surface area contributed by atoms with Crippen molar-refractivity contribution in [3.8, 4) is 11.1 Å². The first-order chi connectivity index (χ1) is 21.1. The van der Waals surface area contributed by atoms with E-state index in [1.54, 1.807) is 34.4 Å². The molecule has 0 N–H and O–H groups in total.